The van der Waals surface area contributed by atoms with Crippen molar-refractivity contribution >= 4 is 16.8 Å². The smallest absolute Gasteiger partial charge is 0.171 e. The molecule has 0 unspecified atom stereocenters. The van der Waals surface area contributed by atoms with Gasteiger partial charge in [0, 0.05) is 34.6 Å². The molecular formula is C29H23N7. The number of rotatable bonds is 4. The predicted molar refractivity (Wildman–Crippen MR) is 140 cm³/mol. The predicted octanol–water partition coefficient (Wildman–Crippen LogP) is 5.41. The molecule has 0 radical (unpaired) electrons. The second kappa shape index (κ2) is 8.03. The van der Waals surface area contributed by atoms with E-state index in [-0.39, 0.29) is 5.54 Å². The van der Waals surface area contributed by atoms with E-state index in [0.29, 0.717) is 17.1 Å². The summed E-state index contributed by atoms with van der Waals surface area (Å²) in [7, 11) is 0. The fourth-order valence-electron chi connectivity index (χ4n) is 4.97. The zero-order valence-electron chi connectivity index (χ0n) is 19.5. The molecule has 1 saturated carbocycles. The van der Waals surface area contributed by atoms with Gasteiger partial charge in [0.05, 0.1) is 11.4 Å². The van der Waals surface area contributed by atoms with Crippen LogP contribution in [-0.4, -0.2) is 29.5 Å². The summed E-state index contributed by atoms with van der Waals surface area (Å²) in [6.45, 7) is 0. The van der Waals surface area contributed by atoms with E-state index in [9.17, 15) is 0 Å². The third-order valence-electron chi connectivity index (χ3n) is 7.14. The highest BCUT2D eigenvalue weighted by Gasteiger charge is 2.34. The first-order chi connectivity index (χ1) is 17.7. The number of hydrogen-bond acceptors (Lipinski definition) is 6. The molecule has 7 rings (SSSR count). The molecule has 0 aliphatic heterocycles. The average molecular weight is 470 g/mol. The van der Waals surface area contributed by atoms with Crippen LogP contribution in [0.15, 0.2) is 91.3 Å². The van der Waals surface area contributed by atoms with Crippen LogP contribution in [0, 0.1) is 0 Å². The molecule has 4 aromatic heterocycles. The quantitative estimate of drug-likeness (QED) is 0.371. The lowest BCUT2D eigenvalue weighted by atomic mass is 9.72. The SMILES string of the molecule is NC1(c2ccc(-c3nc4ccc5nnc(-c6cccnc6)n5c4nc3-c3ccccc3)cc2)CCC1. The van der Waals surface area contributed by atoms with Gasteiger partial charge in [0.15, 0.2) is 17.1 Å². The molecule has 1 fully saturated rings. The Morgan fingerprint density at radius 2 is 1.47 bits per heavy atom. The highest BCUT2D eigenvalue weighted by molar-refractivity contribution is 5.87. The minimum absolute atomic E-state index is 0.196. The van der Waals surface area contributed by atoms with Crippen LogP contribution < -0.4 is 5.73 Å². The van der Waals surface area contributed by atoms with Gasteiger partial charge in [-0.15, -0.1) is 10.2 Å². The van der Waals surface area contributed by atoms with Crippen molar-refractivity contribution in [1.29, 1.82) is 0 Å². The van der Waals surface area contributed by atoms with Crippen LogP contribution in [-0.2, 0) is 5.54 Å². The summed E-state index contributed by atoms with van der Waals surface area (Å²) in [4.78, 5) is 14.6. The molecule has 7 heteroatoms. The van der Waals surface area contributed by atoms with E-state index in [4.69, 9.17) is 15.7 Å². The van der Waals surface area contributed by atoms with Gasteiger partial charge in [-0.25, -0.2) is 9.97 Å². The average Bonchev–Trinajstić information content (AvgIpc) is 3.37. The van der Waals surface area contributed by atoms with Gasteiger partial charge in [0.25, 0.3) is 0 Å². The summed E-state index contributed by atoms with van der Waals surface area (Å²) in [5.74, 6) is 0.683. The molecule has 2 N–H and O–H groups in total. The van der Waals surface area contributed by atoms with Crippen molar-refractivity contribution in [1.82, 2.24) is 29.5 Å². The fraction of sp³-hybridized carbons (Fsp3) is 0.138. The van der Waals surface area contributed by atoms with Gasteiger partial charge in [-0.05, 0) is 49.1 Å². The maximum absolute atomic E-state index is 6.57. The van der Waals surface area contributed by atoms with Crippen LogP contribution in [0.5, 0.6) is 0 Å². The molecule has 7 nitrogen and oxygen atoms in total. The van der Waals surface area contributed by atoms with Gasteiger partial charge >= 0.3 is 0 Å². The summed E-state index contributed by atoms with van der Waals surface area (Å²) in [6, 6.07) is 26.4. The van der Waals surface area contributed by atoms with Crippen molar-refractivity contribution in [3.63, 3.8) is 0 Å². The summed E-state index contributed by atoms with van der Waals surface area (Å²) >= 11 is 0. The van der Waals surface area contributed by atoms with Crippen molar-refractivity contribution in [3.05, 3.63) is 96.8 Å². The Hall–Kier alpha value is -4.49. The number of nitrogens with two attached hydrogens (primary N) is 1. The third kappa shape index (κ3) is 3.28. The van der Waals surface area contributed by atoms with E-state index in [1.54, 1.807) is 12.4 Å². The molecule has 1 aliphatic rings. The first-order valence-electron chi connectivity index (χ1n) is 12.1. The van der Waals surface area contributed by atoms with Gasteiger partial charge in [-0.2, -0.15) is 0 Å². The first kappa shape index (κ1) is 20.8. The van der Waals surface area contributed by atoms with E-state index in [1.807, 2.05) is 46.9 Å². The van der Waals surface area contributed by atoms with Crippen molar-refractivity contribution in [2.75, 3.05) is 0 Å². The van der Waals surface area contributed by atoms with Gasteiger partial charge < -0.3 is 5.73 Å². The molecule has 6 aromatic rings. The maximum atomic E-state index is 6.57. The Bertz CT molecular complexity index is 1700. The Morgan fingerprint density at radius 3 is 2.19 bits per heavy atom. The number of benzene rings is 2. The molecule has 1 aliphatic carbocycles. The molecule has 0 amide bonds. The van der Waals surface area contributed by atoms with Crippen LogP contribution in [0.2, 0.25) is 0 Å². The van der Waals surface area contributed by atoms with E-state index in [1.165, 1.54) is 12.0 Å². The third-order valence-corrected chi connectivity index (χ3v) is 7.14. The molecule has 36 heavy (non-hydrogen) atoms. The zero-order valence-corrected chi connectivity index (χ0v) is 19.5. The van der Waals surface area contributed by atoms with Crippen LogP contribution in [0.4, 0.5) is 0 Å². The number of hydrogen-bond donors (Lipinski definition) is 1. The molecule has 0 atom stereocenters. The maximum Gasteiger partial charge on any atom is 0.171 e. The van der Waals surface area contributed by atoms with Crippen molar-refractivity contribution in [2.24, 2.45) is 5.73 Å². The lowest BCUT2D eigenvalue weighted by Gasteiger charge is -2.38. The minimum atomic E-state index is -0.196. The monoisotopic (exact) mass is 469 g/mol. The molecule has 0 spiro atoms. The van der Waals surface area contributed by atoms with E-state index >= 15 is 0 Å². The van der Waals surface area contributed by atoms with Crippen LogP contribution in [0.1, 0.15) is 24.8 Å². The molecule has 2 aromatic carbocycles. The van der Waals surface area contributed by atoms with Gasteiger partial charge in [0.2, 0.25) is 0 Å². The van der Waals surface area contributed by atoms with E-state index < -0.39 is 0 Å². The summed E-state index contributed by atoms with van der Waals surface area (Å²) in [5.41, 5.74) is 14.2. The number of nitrogens with zero attached hydrogens (tertiary/aromatic N) is 6. The summed E-state index contributed by atoms with van der Waals surface area (Å²) < 4.78 is 1.95. The van der Waals surface area contributed by atoms with Crippen LogP contribution >= 0.6 is 0 Å². The molecular weight excluding hydrogens is 446 g/mol. The Kier molecular flexibility index (Phi) is 4.65. The Labute approximate surface area is 207 Å². The second-order valence-corrected chi connectivity index (χ2v) is 9.37. The van der Waals surface area contributed by atoms with Crippen molar-refractivity contribution in [2.45, 2.75) is 24.8 Å². The molecule has 174 valence electrons. The molecule has 0 saturated heterocycles. The van der Waals surface area contributed by atoms with Crippen molar-refractivity contribution < 1.29 is 0 Å². The number of aromatic nitrogens is 6. The highest BCUT2D eigenvalue weighted by Crippen LogP contribution is 2.40. The standard InChI is InChI=1S/C29H23N7/c30-29(15-5-16-29)22-11-9-20(10-12-22)25-26(19-6-2-1-3-7-19)33-28-23(32-25)13-14-24-34-35-27(36(24)28)21-8-4-17-31-18-21/h1-4,6-14,17-18H,5,15-16,30H2. The normalized spacial score (nSPS) is 14.7. The lowest BCUT2D eigenvalue weighted by molar-refractivity contribution is 0.253. The largest absolute Gasteiger partial charge is 0.321 e. The first-order valence-corrected chi connectivity index (χ1v) is 12.1. The number of pyridine rings is 2. The Balaban J connectivity index is 1.47. The minimum Gasteiger partial charge on any atom is -0.321 e. The van der Waals surface area contributed by atoms with Gasteiger partial charge in [0.1, 0.15) is 5.52 Å². The molecule has 0 bridgehead atoms. The van der Waals surface area contributed by atoms with Crippen molar-refractivity contribution in [3.8, 4) is 33.9 Å². The fourth-order valence-corrected chi connectivity index (χ4v) is 4.97. The van der Waals surface area contributed by atoms with E-state index in [2.05, 4.69) is 51.6 Å². The zero-order chi connectivity index (χ0) is 24.1. The van der Waals surface area contributed by atoms with Gasteiger partial charge in [-0.3, -0.25) is 9.38 Å². The molecule has 4 heterocycles. The van der Waals surface area contributed by atoms with Gasteiger partial charge in [-0.1, -0.05) is 54.6 Å². The second-order valence-electron chi connectivity index (χ2n) is 9.37. The van der Waals surface area contributed by atoms with E-state index in [0.717, 1.165) is 46.4 Å². The highest BCUT2D eigenvalue weighted by atomic mass is 15.3. The Morgan fingerprint density at radius 1 is 0.722 bits per heavy atom. The topological polar surface area (TPSA) is 94.9 Å². The number of fused-ring (bicyclic) bond motifs is 3. The summed E-state index contributed by atoms with van der Waals surface area (Å²) in [6.07, 6.45) is 6.78. The van der Waals surface area contributed by atoms with Crippen LogP contribution in [0.25, 0.3) is 50.7 Å². The van der Waals surface area contributed by atoms with Crippen LogP contribution in [0.3, 0.4) is 0 Å². The lowest BCUT2D eigenvalue weighted by Crippen LogP contribution is -2.43. The summed E-state index contributed by atoms with van der Waals surface area (Å²) in [5, 5.41) is 8.82.